The zero-order valence-corrected chi connectivity index (χ0v) is 19.9. The molecule has 2 aromatic carbocycles. The Morgan fingerprint density at radius 1 is 1.09 bits per heavy atom. The normalized spacial score (nSPS) is 17.8. The van der Waals surface area contributed by atoms with Crippen molar-refractivity contribution in [2.75, 3.05) is 33.3 Å². The number of amides is 1. The molecule has 1 amide bonds. The first-order valence-electron chi connectivity index (χ1n) is 11.2. The van der Waals surface area contributed by atoms with Gasteiger partial charge in [0.15, 0.2) is 11.5 Å². The molecule has 0 aromatic heterocycles. The quantitative estimate of drug-likeness (QED) is 0.360. The first-order chi connectivity index (χ1) is 15.7. The summed E-state index contributed by atoms with van der Waals surface area (Å²) in [5, 5.41) is 21.4. The summed E-state index contributed by atoms with van der Waals surface area (Å²) in [6, 6.07) is 9.53. The van der Waals surface area contributed by atoms with Crippen LogP contribution in [0.25, 0.3) is 5.76 Å². The molecule has 2 N–H and O–H groups in total. The number of Topliss-reactive ketones (excluding diaryl/α,β-unsaturated/α-hetero) is 1. The van der Waals surface area contributed by atoms with E-state index >= 15 is 0 Å². The monoisotopic (exact) mass is 452 g/mol. The van der Waals surface area contributed by atoms with E-state index in [4.69, 9.17) is 4.74 Å². The van der Waals surface area contributed by atoms with Gasteiger partial charge in [-0.1, -0.05) is 37.6 Å². The topological polar surface area (TPSA) is 90.3 Å². The summed E-state index contributed by atoms with van der Waals surface area (Å²) in [5.41, 5.74) is 2.87. The lowest BCUT2D eigenvalue weighted by Crippen LogP contribution is -2.38. The Morgan fingerprint density at radius 3 is 2.42 bits per heavy atom. The van der Waals surface area contributed by atoms with E-state index in [9.17, 15) is 19.8 Å². The van der Waals surface area contributed by atoms with Crippen LogP contribution in [0, 0.1) is 13.8 Å². The van der Waals surface area contributed by atoms with Crippen molar-refractivity contribution in [3.8, 4) is 11.5 Å². The fraction of sp³-hybridized carbons (Fsp3) is 0.385. The van der Waals surface area contributed by atoms with Crippen LogP contribution in [-0.2, 0) is 9.59 Å². The number of carbonyl (C=O) groups is 2. The summed E-state index contributed by atoms with van der Waals surface area (Å²) in [5.74, 6) is -1.38. The number of aliphatic hydroxyl groups is 1. The average Bonchev–Trinajstić information content (AvgIpc) is 3.06. The highest BCUT2D eigenvalue weighted by Crippen LogP contribution is 2.42. The first kappa shape index (κ1) is 24.3. The molecule has 0 spiro atoms. The number of nitrogens with zero attached hydrogens (tertiary/aromatic N) is 2. The van der Waals surface area contributed by atoms with E-state index in [1.165, 1.54) is 18.1 Å². The molecular weight excluding hydrogens is 420 g/mol. The average molecular weight is 453 g/mol. The smallest absolute Gasteiger partial charge is 0.295 e. The van der Waals surface area contributed by atoms with E-state index in [0.29, 0.717) is 24.2 Å². The van der Waals surface area contributed by atoms with Gasteiger partial charge in [-0.25, -0.2) is 0 Å². The molecule has 1 aliphatic rings. The zero-order chi connectivity index (χ0) is 24.3. The van der Waals surface area contributed by atoms with Crippen LogP contribution in [0.1, 0.15) is 42.1 Å². The third-order valence-corrected chi connectivity index (χ3v) is 6.26. The fourth-order valence-corrected chi connectivity index (χ4v) is 4.25. The van der Waals surface area contributed by atoms with Crippen molar-refractivity contribution < 1.29 is 24.5 Å². The molecular formula is C26H32N2O5. The van der Waals surface area contributed by atoms with E-state index in [0.717, 1.165) is 24.2 Å². The number of phenols is 1. The van der Waals surface area contributed by atoms with Crippen molar-refractivity contribution in [2.45, 2.75) is 33.7 Å². The van der Waals surface area contributed by atoms with Crippen LogP contribution in [0.3, 0.4) is 0 Å². The summed E-state index contributed by atoms with van der Waals surface area (Å²) >= 11 is 0. The van der Waals surface area contributed by atoms with Gasteiger partial charge in [0, 0.05) is 18.7 Å². The Balaban J connectivity index is 2.19. The van der Waals surface area contributed by atoms with Crippen molar-refractivity contribution in [1.82, 2.24) is 9.80 Å². The minimum absolute atomic E-state index is 0.0426. The molecule has 1 unspecified atom stereocenters. The summed E-state index contributed by atoms with van der Waals surface area (Å²) in [6.45, 7) is 10.4. The summed E-state index contributed by atoms with van der Waals surface area (Å²) in [6.07, 6.45) is 0. The highest BCUT2D eigenvalue weighted by molar-refractivity contribution is 6.46. The number of rotatable bonds is 8. The fourth-order valence-electron chi connectivity index (χ4n) is 4.25. The second-order valence-corrected chi connectivity index (χ2v) is 8.27. The Labute approximate surface area is 194 Å². The third-order valence-electron chi connectivity index (χ3n) is 6.26. The second kappa shape index (κ2) is 10.1. The number of ether oxygens (including phenoxy) is 1. The molecule has 7 heteroatoms. The summed E-state index contributed by atoms with van der Waals surface area (Å²) in [4.78, 5) is 30.0. The number of methoxy groups -OCH3 is 1. The van der Waals surface area contributed by atoms with Gasteiger partial charge in [0.05, 0.1) is 18.7 Å². The van der Waals surface area contributed by atoms with Crippen molar-refractivity contribution in [1.29, 1.82) is 0 Å². The highest BCUT2D eigenvalue weighted by atomic mass is 16.5. The number of ketones is 1. The molecule has 7 nitrogen and oxygen atoms in total. The second-order valence-electron chi connectivity index (χ2n) is 8.27. The Morgan fingerprint density at radius 2 is 1.79 bits per heavy atom. The molecule has 33 heavy (non-hydrogen) atoms. The number of aryl methyl sites for hydroxylation is 2. The van der Waals surface area contributed by atoms with Crippen molar-refractivity contribution in [3.05, 3.63) is 64.2 Å². The van der Waals surface area contributed by atoms with Gasteiger partial charge in [-0.3, -0.25) is 9.59 Å². The maximum Gasteiger partial charge on any atom is 0.295 e. The Hall–Kier alpha value is -3.32. The number of hydrogen-bond donors (Lipinski definition) is 2. The number of likely N-dealkylation sites (N-methyl/N-ethyl adjacent to an activating group) is 1. The van der Waals surface area contributed by atoms with Gasteiger partial charge in [-0.2, -0.15) is 0 Å². The number of carbonyl (C=O) groups excluding carboxylic acids is 2. The molecule has 1 saturated heterocycles. The highest BCUT2D eigenvalue weighted by Gasteiger charge is 2.46. The van der Waals surface area contributed by atoms with Crippen molar-refractivity contribution in [3.63, 3.8) is 0 Å². The van der Waals surface area contributed by atoms with Gasteiger partial charge in [-0.05, 0) is 56.3 Å². The molecule has 0 saturated carbocycles. The molecule has 176 valence electrons. The number of benzene rings is 2. The molecule has 1 aliphatic heterocycles. The predicted molar refractivity (Wildman–Crippen MR) is 127 cm³/mol. The number of hydrogen-bond acceptors (Lipinski definition) is 6. The lowest BCUT2D eigenvalue weighted by Gasteiger charge is -2.28. The van der Waals surface area contributed by atoms with Gasteiger partial charge < -0.3 is 24.7 Å². The molecule has 1 fully saturated rings. The van der Waals surface area contributed by atoms with Gasteiger partial charge in [-0.15, -0.1) is 0 Å². The SMILES string of the molecule is CCN(CC)CCN1C(=O)C(=O)/C(=C(/O)c2cc(C)ccc2C)C1c1ccc(O)c(OC)c1. The number of phenolic OH excluding ortho intramolecular Hbond substituents is 1. The molecule has 0 radical (unpaired) electrons. The first-order valence-corrected chi connectivity index (χ1v) is 11.2. The summed E-state index contributed by atoms with van der Waals surface area (Å²) < 4.78 is 5.26. The molecule has 2 aromatic rings. The number of aliphatic hydroxyl groups excluding tert-OH is 1. The van der Waals surface area contributed by atoms with E-state index < -0.39 is 17.7 Å². The number of aromatic hydroxyl groups is 1. The van der Waals surface area contributed by atoms with Crippen molar-refractivity contribution >= 4 is 17.4 Å². The maximum absolute atomic E-state index is 13.2. The van der Waals surface area contributed by atoms with Crippen molar-refractivity contribution in [2.24, 2.45) is 0 Å². The van der Waals surface area contributed by atoms with E-state index in [-0.39, 0.29) is 22.8 Å². The van der Waals surface area contributed by atoms with Gasteiger partial charge >= 0.3 is 0 Å². The van der Waals surface area contributed by atoms with Gasteiger partial charge in [0.1, 0.15) is 5.76 Å². The molecule has 0 aliphatic carbocycles. The van der Waals surface area contributed by atoms with E-state index in [1.54, 1.807) is 12.1 Å². The van der Waals surface area contributed by atoms with Crippen LogP contribution < -0.4 is 4.74 Å². The van der Waals surface area contributed by atoms with Crippen LogP contribution in [0.4, 0.5) is 0 Å². The van der Waals surface area contributed by atoms with Gasteiger partial charge in [0.2, 0.25) is 0 Å². The largest absolute Gasteiger partial charge is 0.507 e. The van der Waals surface area contributed by atoms with E-state index in [2.05, 4.69) is 4.90 Å². The standard InChI is InChI=1S/C26H32N2O5/c1-6-27(7-2)12-13-28-23(18-10-11-20(29)21(15-18)33-5)22(25(31)26(28)32)24(30)19-14-16(3)8-9-17(19)4/h8-11,14-15,23,29-30H,6-7,12-13H2,1-5H3/b24-22+. The Bertz CT molecular complexity index is 1090. The van der Waals surface area contributed by atoms with Crippen LogP contribution in [0.15, 0.2) is 42.0 Å². The third kappa shape index (κ3) is 4.73. The maximum atomic E-state index is 13.2. The van der Waals surface area contributed by atoms with Crippen LogP contribution in [0.2, 0.25) is 0 Å². The lowest BCUT2D eigenvalue weighted by atomic mass is 9.93. The van der Waals surface area contributed by atoms with Gasteiger partial charge in [0.25, 0.3) is 11.7 Å². The van der Waals surface area contributed by atoms with Crippen LogP contribution in [-0.4, -0.2) is 65.0 Å². The lowest BCUT2D eigenvalue weighted by molar-refractivity contribution is -0.140. The molecule has 3 rings (SSSR count). The molecule has 1 heterocycles. The van der Waals surface area contributed by atoms with Crippen LogP contribution >= 0.6 is 0 Å². The summed E-state index contributed by atoms with van der Waals surface area (Å²) in [7, 11) is 1.44. The predicted octanol–water partition coefficient (Wildman–Crippen LogP) is 3.78. The minimum Gasteiger partial charge on any atom is -0.507 e. The number of likely N-dealkylation sites (tertiary alicyclic amines) is 1. The molecule has 0 bridgehead atoms. The zero-order valence-electron chi connectivity index (χ0n) is 19.9. The Kier molecular flexibility index (Phi) is 7.43. The van der Waals surface area contributed by atoms with E-state index in [1.807, 2.05) is 45.9 Å². The van der Waals surface area contributed by atoms with Crippen LogP contribution in [0.5, 0.6) is 11.5 Å². The minimum atomic E-state index is -0.796. The molecule has 1 atom stereocenters.